The summed E-state index contributed by atoms with van der Waals surface area (Å²) in [6, 6.07) is 26.9. The van der Waals surface area contributed by atoms with E-state index in [1.165, 1.54) is 64.4 Å². The molecule has 45 heavy (non-hydrogen) atoms. The number of fused-ring (bicyclic) bond motifs is 9. The summed E-state index contributed by atoms with van der Waals surface area (Å²) in [5, 5.41) is 8.73. The fraction of sp³-hybridized carbons (Fsp3) is 0.171. The molecule has 220 valence electrons. The molecule has 4 aromatic carbocycles. The molecule has 3 aliphatic rings. The maximum Gasteiger partial charge on any atom is 0.0634 e. The Morgan fingerprint density at radius 3 is 2.64 bits per heavy atom. The normalized spacial score (nSPS) is 20.3. The SMILES string of the molecule is C=C(NC1C=CC=CC1N)c1cc2c3ccccc3sc2c2c1[nH]c1ccc(C3=CC4=C(CC3)c3ccccc3C4(C)C)cc12. The van der Waals surface area contributed by atoms with Gasteiger partial charge in [-0.2, -0.15) is 0 Å². The zero-order valence-corrected chi connectivity index (χ0v) is 26.4. The Hall–Kier alpha value is -4.64. The first-order valence-electron chi connectivity index (χ1n) is 15.9. The Morgan fingerprint density at radius 2 is 1.76 bits per heavy atom. The number of nitrogens with one attached hydrogen (secondary N) is 2. The van der Waals surface area contributed by atoms with Gasteiger partial charge in [0.2, 0.25) is 0 Å². The zero-order valence-electron chi connectivity index (χ0n) is 25.6. The van der Waals surface area contributed by atoms with Gasteiger partial charge in [0.1, 0.15) is 0 Å². The highest BCUT2D eigenvalue weighted by molar-refractivity contribution is 7.26. The molecule has 0 bridgehead atoms. The monoisotopic (exact) mass is 601 g/mol. The number of benzene rings is 4. The third-order valence-electron chi connectivity index (χ3n) is 10.3. The molecule has 0 fully saturated rings. The van der Waals surface area contributed by atoms with Gasteiger partial charge in [-0.3, -0.25) is 0 Å². The van der Waals surface area contributed by atoms with Crippen molar-refractivity contribution in [1.82, 2.24) is 10.3 Å². The van der Waals surface area contributed by atoms with Crippen molar-refractivity contribution in [3.05, 3.63) is 138 Å². The van der Waals surface area contributed by atoms with Gasteiger partial charge in [0.15, 0.2) is 0 Å². The van der Waals surface area contributed by atoms with E-state index in [0.717, 1.165) is 35.1 Å². The summed E-state index contributed by atoms with van der Waals surface area (Å²) in [6.45, 7) is 9.30. The maximum atomic E-state index is 6.43. The number of H-pyrrole nitrogens is 1. The summed E-state index contributed by atoms with van der Waals surface area (Å²) in [4.78, 5) is 3.82. The molecule has 0 amide bonds. The van der Waals surface area contributed by atoms with Gasteiger partial charge in [-0.15, -0.1) is 11.3 Å². The fourth-order valence-electron chi connectivity index (χ4n) is 7.96. The van der Waals surface area contributed by atoms with Gasteiger partial charge in [0.25, 0.3) is 0 Å². The summed E-state index contributed by atoms with van der Waals surface area (Å²) < 4.78 is 2.62. The van der Waals surface area contributed by atoms with Gasteiger partial charge >= 0.3 is 0 Å². The Kier molecular flexibility index (Phi) is 5.75. The van der Waals surface area contributed by atoms with Crippen LogP contribution in [0.5, 0.6) is 0 Å². The van der Waals surface area contributed by atoms with E-state index in [9.17, 15) is 0 Å². The largest absolute Gasteiger partial charge is 0.377 e. The predicted molar refractivity (Wildman–Crippen MR) is 195 cm³/mol. The summed E-state index contributed by atoms with van der Waals surface area (Å²) >= 11 is 1.88. The molecular weight excluding hydrogens is 567 g/mol. The van der Waals surface area contributed by atoms with Gasteiger partial charge in [-0.25, -0.2) is 0 Å². The van der Waals surface area contributed by atoms with E-state index in [1.54, 1.807) is 0 Å². The molecule has 2 atom stereocenters. The fourth-order valence-corrected chi connectivity index (χ4v) is 9.20. The second-order valence-electron chi connectivity index (χ2n) is 13.3. The van der Waals surface area contributed by atoms with Crippen LogP contribution in [0.4, 0.5) is 0 Å². The highest BCUT2D eigenvalue weighted by atomic mass is 32.1. The van der Waals surface area contributed by atoms with Crippen LogP contribution in [-0.2, 0) is 5.41 Å². The molecule has 3 aliphatic carbocycles. The van der Waals surface area contributed by atoms with Crippen LogP contribution in [0.2, 0.25) is 0 Å². The summed E-state index contributed by atoms with van der Waals surface area (Å²) in [6.07, 6.45) is 12.8. The van der Waals surface area contributed by atoms with Gasteiger partial charge in [-0.05, 0) is 70.5 Å². The van der Waals surface area contributed by atoms with E-state index in [-0.39, 0.29) is 17.5 Å². The van der Waals surface area contributed by atoms with Crippen LogP contribution in [0, 0.1) is 0 Å². The molecule has 0 aliphatic heterocycles. The number of rotatable bonds is 4. The van der Waals surface area contributed by atoms with E-state index in [4.69, 9.17) is 5.73 Å². The topological polar surface area (TPSA) is 53.8 Å². The average molecular weight is 602 g/mol. The Balaban J connectivity index is 1.23. The molecule has 0 spiro atoms. The van der Waals surface area contributed by atoms with E-state index in [2.05, 4.69) is 116 Å². The molecular formula is C41H35N3S. The van der Waals surface area contributed by atoms with Crippen molar-refractivity contribution in [2.75, 3.05) is 0 Å². The van der Waals surface area contributed by atoms with Crippen LogP contribution >= 0.6 is 11.3 Å². The molecule has 0 saturated carbocycles. The number of hydrogen-bond acceptors (Lipinski definition) is 3. The minimum atomic E-state index is -0.102. The number of hydrogen-bond donors (Lipinski definition) is 3. The predicted octanol–water partition coefficient (Wildman–Crippen LogP) is 9.99. The van der Waals surface area contributed by atoms with E-state index in [0.29, 0.717) is 0 Å². The first-order chi connectivity index (χ1) is 21.9. The van der Waals surface area contributed by atoms with Gasteiger partial charge in [0.05, 0.1) is 11.6 Å². The molecule has 0 saturated heterocycles. The summed E-state index contributed by atoms with van der Waals surface area (Å²) in [7, 11) is 0. The lowest BCUT2D eigenvalue weighted by Crippen LogP contribution is -2.42. The molecule has 4 heteroatoms. The first kappa shape index (κ1) is 26.7. The molecule has 4 N–H and O–H groups in total. The Bertz CT molecular complexity index is 2370. The molecule has 2 unspecified atom stereocenters. The second kappa shape index (κ2) is 9.68. The quantitative estimate of drug-likeness (QED) is 0.188. The number of nitrogens with two attached hydrogens (primary N) is 1. The first-order valence-corrected chi connectivity index (χ1v) is 16.7. The maximum absolute atomic E-state index is 6.43. The van der Waals surface area contributed by atoms with Gasteiger partial charge < -0.3 is 16.0 Å². The molecule has 3 nitrogen and oxygen atoms in total. The molecule has 2 heterocycles. The van der Waals surface area contributed by atoms with E-state index in [1.807, 2.05) is 29.6 Å². The second-order valence-corrected chi connectivity index (χ2v) is 14.3. The molecule has 9 rings (SSSR count). The summed E-state index contributed by atoms with van der Waals surface area (Å²) in [5.41, 5.74) is 19.3. The van der Waals surface area contributed by atoms with Crippen molar-refractivity contribution < 1.29 is 0 Å². The number of allylic oxidation sites excluding steroid dienone is 6. The lowest BCUT2D eigenvalue weighted by Gasteiger charge is -2.26. The van der Waals surface area contributed by atoms with Crippen LogP contribution in [0.1, 0.15) is 48.9 Å². The average Bonchev–Trinajstić information content (AvgIpc) is 3.69. The summed E-state index contributed by atoms with van der Waals surface area (Å²) in [5.74, 6) is 0. The van der Waals surface area contributed by atoms with Crippen LogP contribution < -0.4 is 11.1 Å². The lowest BCUT2D eigenvalue weighted by atomic mass is 9.78. The standard InChI is InChI=1S/C41H35N3S/c1-23(43-36-14-8-7-13-34(36)42)29-22-30-28-11-5-9-15-37(28)45-40(30)38-31-20-24(17-19-35(31)44-39(29)38)25-16-18-27-26-10-4-6-12-32(26)41(2,3)33(27)21-25/h4-15,17,19-22,34,36,43-44H,1,16,18,42H2,2-3H3. The van der Waals surface area contributed by atoms with Gasteiger partial charge in [0, 0.05) is 59.2 Å². The third kappa shape index (κ3) is 3.92. The van der Waals surface area contributed by atoms with E-state index < -0.39 is 0 Å². The van der Waals surface area contributed by atoms with Crippen LogP contribution in [-0.4, -0.2) is 17.1 Å². The Labute approximate surface area is 267 Å². The van der Waals surface area contributed by atoms with Crippen molar-refractivity contribution in [3.63, 3.8) is 0 Å². The van der Waals surface area contributed by atoms with Crippen molar-refractivity contribution in [1.29, 1.82) is 0 Å². The van der Waals surface area contributed by atoms with Gasteiger partial charge in [-0.1, -0.05) is 99.3 Å². The number of aromatic amines is 1. The molecule has 2 aromatic heterocycles. The highest BCUT2D eigenvalue weighted by Gasteiger charge is 2.37. The number of thiophene rings is 1. The van der Waals surface area contributed by atoms with Crippen LogP contribution in [0.15, 0.2) is 115 Å². The molecule has 6 aromatic rings. The van der Waals surface area contributed by atoms with E-state index >= 15 is 0 Å². The highest BCUT2D eigenvalue weighted by Crippen LogP contribution is 2.52. The number of aromatic nitrogens is 1. The minimum Gasteiger partial charge on any atom is -0.377 e. The van der Waals surface area contributed by atoms with Crippen LogP contribution in [0.3, 0.4) is 0 Å². The minimum absolute atomic E-state index is 0.00754. The lowest BCUT2D eigenvalue weighted by molar-refractivity contribution is 0.629. The van der Waals surface area contributed by atoms with Crippen molar-refractivity contribution in [2.45, 2.75) is 44.2 Å². The van der Waals surface area contributed by atoms with Crippen LogP contribution in [0.25, 0.3) is 58.8 Å². The smallest absolute Gasteiger partial charge is 0.0634 e. The zero-order chi connectivity index (χ0) is 30.4. The van der Waals surface area contributed by atoms with Crippen molar-refractivity contribution >= 4 is 70.2 Å². The Morgan fingerprint density at radius 1 is 0.933 bits per heavy atom. The van der Waals surface area contributed by atoms with Crippen molar-refractivity contribution in [2.24, 2.45) is 5.73 Å². The third-order valence-corrected chi connectivity index (χ3v) is 11.5. The molecule has 0 radical (unpaired) electrons. The van der Waals surface area contributed by atoms with Crippen molar-refractivity contribution in [3.8, 4) is 0 Å².